The van der Waals surface area contributed by atoms with E-state index in [1.807, 2.05) is 17.4 Å². The highest BCUT2D eigenvalue weighted by atomic mass is 19.4. The summed E-state index contributed by atoms with van der Waals surface area (Å²) in [6.45, 7) is 3.23. The van der Waals surface area contributed by atoms with Gasteiger partial charge in [0.25, 0.3) is 12.3 Å². The molecule has 6 atom stereocenters. The number of carbonyl (C=O) groups excluding carboxylic acids is 4. The van der Waals surface area contributed by atoms with Crippen LogP contribution < -0.4 is 26.3 Å². The number of alkyl halides is 8. The molecule has 3 fully saturated rings. The molecule has 4 aromatic rings. The summed E-state index contributed by atoms with van der Waals surface area (Å²) in [5, 5.41) is 18.6. The summed E-state index contributed by atoms with van der Waals surface area (Å²) in [5.74, 6) is 0.919. The molecule has 3 aliphatic heterocycles. The van der Waals surface area contributed by atoms with Crippen LogP contribution in [0.1, 0.15) is 74.9 Å². The van der Waals surface area contributed by atoms with Crippen LogP contribution in [0.5, 0.6) is 0 Å². The van der Waals surface area contributed by atoms with Gasteiger partial charge in [0.1, 0.15) is 35.2 Å². The minimum atomic E-state index is -5.23. The predicted octanol–water partition coefficient (Wildman–Crippen LogP) is 7.36. The molecule has 444 valence electrons. The van der Waals surface area contributed by atoms with Gasteiger partial charge in [-0.15, -0.1) is 0 Å². The third-order valence-electron chi connectivity index (χ3n) is 15.0. The van der Waals surface area contributed by atoms with Crippen LogP contribution in [0.2, 0.25) is 0 Å². The molecule has 3 saturated heterocycles. The summed E-state index contributed by atoms with van der Waals surface area (Å²) in [5.41, 5.74) is -4.55. The van der Waals surface area contributed by atoms with Crippen LogP contribution in [0, 0.1) is 34.3 Å². The molecular formula is C55H61F10N9O8. The van der Waals surface area contributed by atoms with Crippen molar-refractivity contribution in [3.63, 3.8) is 0 Å². The van der Waals surface area contributed by atoms with E-state index < -0.39 is 120 Å². The van der Waals surface area contributed by atoms with Crippen molar-refractivity contribution in [2.75, 3.05) is 52.0 Å². The highest BCUT2D eigenvalue weighted by Gasteiger charge is 2.57. The number of aliphatic hydroxyl groups excluding tert-OH is 1. The molecule has 2 aromatic heterocycles. The summed E-state index contributed by atoms with van der Waals surface area (Å²) < 4.78 is 160. The average Bonchev–Trinajstić information content (AvgIpc) is 3.09. The summed E-state index contributed by atoms with van der Waals surface area (Å²) in [6.07, 6.45) is -14.2. The number of hydrogen-bond acceptors (Lipinski definition) is 13. The molecule has 0 radical (unpaired) electrons. The van der Waals surface area contributed by atoms with Gasteiger partial charge in [0.05, 0.1) is 56.5 Å². The molecule has 17 nitrogen and oxygen atoms in total. The van der Waals surface area contributed by atoms with Crippen LogP contribution in [0.4, 0.5) is 59.3 Å². The third kappa shape index (κ3) is 14.5. The van der Waals surface area contributed by atoms with Crippen molar-refractivity contribution < 1.29 is 82.4 Å². The number of amides is 4. The Hall–Kier alpha value is -7.28. The predicted molar refractivity (Wildman–Crippen MR) is 275 cm³/mol. The van der Waals surface area contributed by atoms with Crippen molar-refractivity contribution >= 4 is 29.8 Å². The lowest BCUT2D eigenvalue weighted by Gasteiger charge is -2.47. The SMILES string of the molecule is COC(=O)N[C@H](C(=O)N[C@@H](Cc1ccc(C#Cc2ccc(N3CC4CCC(C3)N4C3COC3)nc2)cc1)[C@@H](O)CN(Cc1c(F)cc(-c2ccc(C(F)F)nc2)cc1F)NC(=O)[C@@H](NC(=O)OC)C(C)(C)C(F)(F)F)C(C)(C)C(F)(F)F. The summed E-state index contributed by atoms with van der Waals surface area (Å²) in [6, 6.07) is 7.84. The number of aromatic nitrogens is 2. The number of anilines is 1. The lowest BCUT2D eigenvalue weighted by Crippen LogP contribution is -2.63. The topological polar surface area (TPSA) is 200 Å². The number of fused-ring (bicyclic) bond motifs is 2. The van der Waals surface area contributed by atoms with E-state index in [0.29, 0.717) is 62.0 Å². The molecule has 82 heavy (non-hydrogen) atoms. The number of halogens is 10. The van der Waals surface area contributed by atoms with E-state index in [1.54, 1.807) is 23.6 Å². The summed E-state index contributed by atoms with van der Waals surface area (Å²) in [7, 11) is 1.61. The van der Waals surface area contributed by atoms with E-state index in [2.05, 4.69) is 51.8 Å². The monoisotopic (exact) mass is 1170 g/mol. The molecule has 7 rings (SSSR count). The van der Waals surface area contributed by atoms with Gasteiger partial charge in [0.15, 0.2) is 0 Å². The maximum atomic E-state index is 16.1. The Balaban J connectivity index is 1.18. The molecular weight excluding hydrogens is 1100 g/mol. The standard InChI is InChI=1S/C55H61F10N9O8/c1-52(2,54(60,61)62)45(69-50(78)80-5)48(76)68-42(19-31-10-7-30(8-11-31)9-12-32-13-18-44(67-22-32)72-24-35-15-16-36(25-72)74(35)37-28-82-29-37)43(75)27-73(71-49(77)46(70-51(79)81-6)53(3,4)55(63,64)65)26-38-39(56)20-34(21-40(38)57)33-14-17-41(47(58)59)66-23-33/h7-8,10-11,13-14,17-18,20-23,35-37,42-43,45-47,75H,15-16,19,24-29H2,1-6H3,(H,68,76)(H,69,78)(H,70,79)(H,71,77)/t35?,36?,42-,43-,45+,46+/m0/s1. The molecule has 0 saturated carbocycles. The van der Waals surface area contributed by atoms with Crippen molar-refractivity contribution in [1.29, 1.82) is 0 Å². The normalized spacial score (nSPS) is 18.4. The van der Waals surface area contributed by atoms with E-state index in [1.165, 1.54) is 12.1 Å². The maximum absolute atomic E-state index is 16.1. The van der Waals surface area contributed by atoms with E-state index in [9.17, 15) is 59.4 Å². The van der Waals surface area contributed by atoms with Crippen LogP contribution in [-0.4, -0.2) is 151 Å². The van der Waals surface area contributed by atoms with E-state index in [-0.39, 0.29) is 16.7 Å². The molecule has 27 heteroatoms. The van der Waals surface area contributed by atoms with Crippen molar-refractivity contribution in [1.82, 2.24) is 41.3 Å². The number of ether oxygens (including phenoxy) is 3. The largest absolute Gasteiger partial charge is 0.453 e. The number of carbonyl (C=O) groups is 4. The molecule has 5 N–H and O–H groups in total. The first-order valence-electron chi connectivity index (χ1n) is 25.8. The average molecular weight is 1170 g/mol. The van der Waals surface area contributed by atoms with E-state index >= 15 is 8.78 Å². The number of hydrazine groups is 1. The number of alkyl carbamates (subject to hydrolysis) is 2. The minimum Gasteiger partial charge on any atom is -0.453 e. The number of piperazine rings is 1. The Kier molecular flexibility index (Phi) is 19.4. The van der Waals surface area contributed by atoms with Gasteiger partial charge in [-0.05, 0) is 101 Å². The molecule has 2 unspecified atom stereocenters. The zero-order valence-corrected chi connectivity index (χ0v) is 45.2. The number of pyridine rings is 2. The van der Waals surface area contributed by atoms with Gasteiger partial charge in [0, 0.05) is 72.9 Å². The Labute approximate surface area is 465 Å². The highest BCUT2D eigenvalue weighted by Crippen LogP contribution is 2.42. The molecule has 5 heterocycles. The van der Waals surface area contributed by atoms with E-state index in [4.69, 9.17) is 4.74 Å². The van der Waals surface area contributed by atoms with Gasteiger partial charge in [-0.2, -0.15) is 26.3 Å². The first kappa shape index (κ1) is 62.3. The highest BCUT2D eigenvalue weighted by molar-refractivity contribution is 5.87. The van der Waals surface area contributed by atoms with Crippen molar-refractivity contribution in [3.8, 4) is 23.0 Å². The van der Waals surface area contributed by atoms with Crippen LogP contribution in [0.25, 0.3) is 11.1 Å². The van der Waals surface area contributed by atoms with Gasteiger partial charge in [0.2, 0.25) is 5.91 Å². The maximum Gasteiger partial charge on any atom is 0.407 e. The van der Waals surface area contributed by atoms with Crippen LogP contribution in [0.15, 0.2) is 73.1 Å². The molecule has 0 spiro atoms. The van der Waals surface area contributed by atoms with Crippen molar-refractivity contribution in [2.45, 2.75) is 115 Å². The van der Waals surface area contributed by atoms with Crippen LogP contribution in [-0.2, 0) is 36.8 Å². The smallest absolute Gasteiger partial charge is 0.407 e. The number of nitrogens with one attached hydrogen (secondary N) is 4. The Morgan fingerprint density at radius 3 is 1.76 bits per heavy atom. The minimum absolute atomic E-state index is 0.0261. The number of rotatable bonds is 19. The van der Waals surface area contributed by atoms with Gasteiger partial charge < -0.3 is 40.2 Å². The first-order chi connectivity index (χ1) is 38.5. The second-order valence-corrected chi connectivity index (χ2v) is 21.3. The summed E-state index contributed by atoms with van der Waals surface area (Å²) in [4.78, 5) is 66.1. The number of aliphatic hydroxyl groups is 1. The molecule has 3 aliphatic rings. The van der Waals surface area contributed by atoms with Crippen molar-refractivity contribution in [2.24, 2.45) is 10.8 Å². The fourth-order valence-corrected chi connectivity index (χ4v) is 9.80. The quantitative estimate of drug-likeness (QED) is 0.0355. The fourth-order valence-electron chi connectivity index (χ4n) is 9.80. The molecule has 0 aliphatic carbocycles. The second kappa shape index (κ2) is 25.5. The molecule has 2 aromatic carbocycles. The lowest BCUT2D eigenvalue weighted by molar-refractivity contribution is -0.221. The van der Waals surface area contributed by atoms with Gasteiger partial charge in [-0.1, -0.05) is 30.0 Å². The number of methoxy groups -OCH3 is 2. The number of benzene rings is 2. The second-order valence-electron chi connectivity index (χ2n) is 21.3. The van der Waals surface area contributed by atoms with Gasteiger partial charge >= 0.3 is 24.5 Å². The third-order valence-corrected chi connectivity index (χ3v) is 15.0. The first-order valence-corrected chi connectivity index (χ1v) is 25.8. The van der Waals surface area contributed by atoms with Crippen LogP contribution >= 0.6 is 0 Å². The van der Waals surface area contributed by atoms with Crippen LogP contribution in [0.3, 0.4) is 0 Å². The van der Waals surface area contributed by atoms with E-state index in [0.717, 1.165) is 89.6 Å². The molecule has 2 bridgehead atoms. The summed E-state index contributed by atoms with van der Waals surface area (Å²) >= 11 is 0. The number of hydrogen-bond donors (Lipinski definition) is 5. The van der Waals surface area contributed by atoms with Crippen molar-refractivity contribution in [3.05, 3.63) is 113 Å². The fraction of sp³-hybridized carbons (Fsp3) is 0.491. The Morgan fingerprint density at radius 1 is 0.732 bits per heavy atom. The Morgan fingerprint density at radius 2 is 1.28 bits per heavy atom. The zero-order valence-electron chi connectivity index (χ0n) is 45.2. The lowest BCUT2D eigenvalue weighted by atomic mass is 9.82. The zero-order chi connectivity index (χ0) is 60.1. The van der Waals surface area contributed by atoms with Gasteiger partial charge in [-0.3, -0.25) is 24.9 Å². The molecule has 4 amide bonds. The van der Waals surface area contributed by atoms with Gasteiger partial charge in [-0.25, -0.2) is 37.1 Å². The Bertz CT molecular complexity index is 2940. The number of nitrogens with zero attached hydrogens (tertiary/aromatic N) is 5.